The Labute approximate surface area is 111 Å². The summed E-state index contributed by atoms with van der Waals surface area (Å²) < 4.78 is 39.9. The molecule has 1 aromatic rings. The molecular weight excluding hydrogens is 273 g/mol. The van der Waals surface area contributed by atoms with E-state index < -0.39 is 32.7 Å². The van der Waals surface area contributed by atoms with Gasteiger partial charge < -0.3 is 5.11 Å². The highest BCUT2D eigenvalue weighted by molar-refractivity contribution is 7.89. The number of hydrogen-bond donors (Lipinski definition) is 2. The van der Waals surface area contributed by atoms with Gasteiger partial charge in [-0.1, -0.05) is 13.8 Å². The number of halogens is 1. The van der Waals surface area contributed by atoms with E-state index in [1.807, 2.05) is 13.8 Å². The first kappa shape index (κ1) is 15.6. The third kappa shape index (κ3) is 3.74. The zero-order valence-corrected chi connectivity index (χ0v) is 11.7. The average Bonchev–Trinajstić information content (AvgIpc) is 2.28. The fourth-order valence-corrected chi connectivity index (χ4v) is 2.78. The van der Waals surface area contributed by atoms with E-state index in [0.29, 0.717) is 0 Å². The highest BCUT2D eigenvalue weighted by Crippen LogP contribution is 2.17. The lowest BCUT2D eigenvalue weighted by atomic mass is 10.1. The zero-order valence-electron chi connectivity index (χ0n) is 10.8. The first-order chi connectivity index (χ1) is 8.65. The predicted octanol–water partition coefficient (Wildman–Crippen LogP) is 1.85. The normalized spacial score (nSPS) is 13.5. The molecule has 1 aromatic carbocycles. The van der Waals surface area contributed by atoms with Gasteiger partial charge in [0.15, 0.2) is 0 Å². The molecular formula is C12H16FNO4S. The van der Waals surface area contributed by atoms with Crippen molar-refractivity contribution < 1.29 is 22.7 Å². The van der Waals surface area contributed by atoms with Crippen molar-refractivity contribution in [1.82, 2.24) is 4.72 Å². The lowest BCUT2D eigenvalue weighted by Gasteiger charge is -2.17. The van der Waals surface area contributed by atoms with Crippen LogP contribution in [0.5, 0.6) is 0 Å². The van der Waals surface area contributed by atoms with E-state index in [1.54, 1.807) is 6.92 Å². The summed E-state index contributed by atoms with van der Waals surface area (Å²) in [6.45, 7) is 5.29. The summed E-state index contributed by atoms with van der Waals surface area (Å²) in [5, 5.41) is 8.80. The number of aromatic carboxylic acids is 1. The van der Waals surface area contributed by atoms with Crippen molar-refractivity contribution in [3.8, 4) is 0 Å². The largest absolute Gasteiger partial charge is 0.478 e. The number of sulfonamides is 1. The van der Waals surface area contributed by atoms with Crippen LogP contribution in [0.15, 0.2) is 23.1 Å². The van der Waals surface area contributed by atoms with Gasteiger partial charge in [-0.2, -0.15) is 0 Å². The predicted molar refractivity (Wildman–Crippen MR) is 68.0 cm³/mol. The number of rotatable bonds is 5. The van der Waals surface area contributed by atoms with Gasteiger partial charge in [-0.25, -0.2) is 22.3 Å². The maximum absolute atomic E-state index is 13.6. The molecule has 0 saturated heterocycles. The Bertz CT molecular complexity index is 583. The smallest absolute Gasteiger partial charge is 0.335 e. The van der Waals surface area contributed by atoms with E-state index in [-0.39, 0.29) is 11.5 Å². The van der Waals surface area contributed by atoms with Gasteiger partial charge in [-0.05, 0) is 31.0 Å². The summed E-state index contributed by atoms with van der Waals surface area (Å²) >= 11 is 0. The van der Waals surface area contributed by atoms with Crippen LogP contribution >= 0.6 is 0 Å². The molecule has 106 valence electrons. The Hall–Kier alpha value is -1.47. The number of benzene rings is 1. The molecule has 1 unspecified atom stereocenters. The molecule has 0 aromatic heterocycles. The second kappa shape index (κ2) is 5.66. The molecule has 0 fully saturated rings. The molecule has 0 aliphatic heterocycles. The third-order valence-electron chi connectivity index (χ3n) is 2.81. The van der Waals surface area contributed by atoms with Crippen LogP contribution in [0, 0.1) is 11.7 Å². The molecule has 1 atom stereocenters. The monoisotopic (exact) mass is 289 g/mol. The summed E-state index contributed by atoms with van der Waals surface area (Å²) in [5.41, 5.74) is -0.279. The lowest BCUT2D eigenvalue weighted by molar-refractivity contribution is 0.0696. The van der Waals surface area contributed by atoms with E-state index in [1.165, 1.54) is 0 Å². The lowest BCUT2D eigenvalue weighted by Crippen LogP contribution is -2.36. The van der Waals surface area contributed by atoms with Gasteiger partial charge in [-0.3, -0.25) is 0 Å². The zero-order chi connectivity index (χ0) is 14.8. The fourth-order valence-electron chi connectivity index (χ4n) is 1.29. The Morgan fingerprint density at radius 2 is 1.89 bits per heavy atom. The van der Waals surface area contributed by atoms with Crippen LogP contribution < -0.4 is 4.72 Å². The van der Waals surface area contributed by atoms with Gasteiger partial charge in [-0.15, -0.1) is 0 Å². The van der Waals surface area contributed by atoms with Crippen molar-refractivity contribution in [2.45, 2.75) is 31.7 Å². The Kier molecular flexibility index (Phi) is 4.65. The minimum Gasteiger partial charge on any atom is -0.478 e. The van der Waals surface area contributed by atoms with Crippen LogP contribution in [-0.2, 0) is 10.0 Å². The molecule has 0 aliphatic carbocycles. The molecule has 5 nitrogen and oxygen atoms in total. The van der Waals surface area contributed by atoms with Gasteiger partial charge in [0.05, 0.1) is 5.56 Å². The van der Waals surface area contributed by atoms with Crippen molar-refractivity contribution in [1.29, 1.82) is 0 Å². The van der Waals surface area contributed by atoms with Crippen LogP contribution in [-0.4, -0.2) is 25.5 Å². The maximum atomic E-state index is 13.6. The molecule has 19 heavy (non-hydrogen) atoms. The molecule has 0 amide bonds. The Morgan fingerprint density at radius 1 is 1.32 bits per heavy atom. The number of carboxylic acid groups (broad SMARTS) is 1. The maximum Gasteiger partial charge on any atom is 0.335 e. The van der Waals surface area contributed by atoms with Gasteiger partial charge in [0.1, 0.15) is 10.7 Å². The highest BCUT2D eigenvalue weighted by Gasteiger charge is 2.24. The van der Waals surface area contributed by atoms with Gasteiger partial charge in [0, 0.05) is 6.04 Å². The molecule has 0 radical (unpaired) electrons. The first-order valence-electron chi connectivity index (χ1n) is 5.70. The molecule has 2 N–H and O–H groups in total. The number of hydrogen-bond acceptors (Lipinski definition) is 3. The van der Waals surface area contributed by atoms with Gasteiger partial charge >= 0.3 is 5.97 Å². The van der Waals surface area contributed by atoms with Crippen LogP contribution in [0.2, 0.25) is 0 Å². The molecule has 1 rings (SSSR count). The van der Waals surface area contributed by atoms with E-state index in [2.05, 4.69) is 4.72 Å². The quantitative estimate of drug-likeness (QED) is 0.866. The Morgan fingerprint density at radius 3 is 2.37 bits per heavy atom. The van der Waals surface area contributed by atoms with Crippen molar-refractivity contribution in [2.24, 2.45) is 5.92 Å². The van der Waals surface area contributed by atoms with Crippen molar-refractivity contribution in [3.63, 3.8) is 0 Å². The van der Waals surface area contributed by atoms with Crippen LogP contribution in [0.25, 0.3) is 0 Å². The number of carbonyl (C=O) groups is 1. The summed E-state index contributed by atoms with van der Waals surface area (Å²) in [5.74, 6) is -2.26. The standard InChI is InChI=1S/C12H16FNO4S/c1-7(2)8(3)14-19(17,18)11-6-9(12(15)16)4-5-10(11)13/h4-8,14H,1-3H3,(H,15,16). The van der Waals surface area contributed by atoms with E-state index in [0.717, 1.165) is 18.2 Å². The van der Waals surface area contributed by atoms with E-state index in [4.69, 9.17) is 5.11 Å². The third-order valence-corrected chi connectivity index (χ3v) is 4.38. The van der Waals surface area contributed by atoms with Crippen LogP contribution in [0.4, 0.5) is 4.39 Å². The minimum absolute atomic E-state index is 0.0282. The molecule has 0 heterocycles. The van der Waals surface area contributed by atoms with Crippen molar-refractivity contribution in [2.75, 3.05) is 0 Å². The molecule has 0 aliphatic rings. The summed E-state index contributed by atoms with van der Waals surface area (Å²) in [4.78, 5) is 10.1. The second-order valence-corrected chi connectivity index (χ2v) is 6.29. The average molecular weight is 289 g/mol. The topological polar surface area (TPSA) is 83.5 Å². The minimum atomic E-state index is -4.08. The van der Waals surface area contributed by atoms with E-state index in [9.17, 15) is 17.6 Å². The van der Waals surface area contributed by atoms with Crippen molar-refractivity contribution in [3.05, 3.63) is 29.6 Å². The van der Waals surface area contributed by atoms with Crippen molar-refractivity contribution >= 4 is 16.0 Å². The molecule has 0 bridgehead atoms. The SMILES string of the molecule is CC(C)C(C)NS(=O)(=O)c1cc(C(=O)O)ccc1F. The first-order valence-corrected chi connectivity index (χ1v) is 7.18. The summed E-state index contributed by atoms with van der Waals surface area (Å²) in [7, 11) is -4.08. The van der Waals surface area contributed by atoms with Gasteiger partial charge in [0.2, 0.25) is 10.0 Å². The summed E-state index contributed by atoms with van der Waals surface area (Å²) in [6, 6.07) is 2.27. The number of carboxylic acids is 1. The fraction of sp³-hybridized carbons (Fsp3) is 0.417. The van der Waals surface area contributed by atoms with Gasteiger partial charge in [0.25, 0.3) is 0 Å². The summed E-state index contributed by atoms with van der Waals surface area (Å²) in [6.07, 6.45) is 0. The number of nitrogens with one attached hydrogen (secondary N) is 1. The molecule has 7 heteroatoms. The molecule has 0 spiro atoms. The van der Waals surface area contributed by atoms with Crippen LogP contribution in [0.3, 0.4) is 0 Å². The Balaban J connectivity index is 3.21. The second-order valence-electron chi connectivity index (χ2n) is 4.60. The van der Waals surface area contributed by atoms with E-state index >= 15 is 0 Å². The molecule has 0 saturated carbocycles. The van der Waals surface area contributed by atoms with Crippen LogP contribution in [0.1, 0.15) is 31.1 Å². The highest BCUT2D eigenvalue weighted by atomic mass is 32.2.